The number of aromatic nitrogens is 2. The fraction of sp³-hybridized carbons (Fsp3) is 0.167. The predicted octanol–water partition coefficient (Wildman–Crippen LogP) is 1.16. The van der Waals surface area contributed by atoms with Crippen LogP contribution in [0.15, 0.2) is 36.5 Å². The van der Waals surface area contributed by atoms with Crippen LogP contribution in [0.2, 0.25) is 0 Å². The summed E-state index contributed by atoms with van der Waals surface area (Å²) in [5.41, 5.74) is 1.86. The van der Waals surface area contributed by atoms with E-state index in [1.54, 1.807) is 48.3 Å². The highest BCUT2D eigenvalue weighted by atomic mass is 16.3. The molecule has 0 fully saturated rings. The van der Waals surface area contributed by atoms with E-state index in [4.69, 9.17) is 5.11 Å². The maximum Gasteiger partial charge on any atom is 0.276 e. The van der Waals surface area contributed by atoms with E-state index >= 15 is 0 Å². The van der Waals surface area contributed by atoms with E-state index in [1.807, 2.05) is 0 Å². The minimum Gasteiger partial charge on any atom is -0.392 e. The van der Waals surface area contributed by atoms with Crippen molar-refractivity contribution in [2.24, 2.45) is 7.05 Å². The number of hydrogen-bond donors (Lipinski definition) is 2. The van der Waals surface area contributed by atoms with Gasteiger partial charge in [-0.15, -0.1) is 0 Å². The molecule has 0 radical (unpaired) electrons. The molecular formula is C12H13N3O2. The standard InChI is InChI=1S/C12H13N3O2/c1-15-7-6-11(14-15)12(17)13-10-4-2-9(8-16)3-5-10/h2-7,16H,8H2,1H3,(H,13,17). The lowest BCUT2D eigenvalue weighted by molar-refractivity contribution is 0.102. The average molecular weight is 231 g/mol. The van der Waals surface area contributed by atoms with Crippen LogP contribution in [0.3, 0.4) is 0 Å². The Kier molecular flexibility index (Phi) is 3.20. The number of carbonyl (C=O) groups is 1. The van der Waals surface area contributed by atoms with Crippen molar-refractivity contribution in [2.45, 2.75) is 6.61 Å². The van der Waals surface area contributed by atoms with Crippen molar-refractivity contribution in [2.75, 3.05) is 5.32 Å². The molecule has 0 atom stereocenters. The van der Waals surface area contributed by atoms with Gasteiger partial charge in [0.05, 0.1) is 6.61 Å². The van der Waals surface area contributed by atoms with Gasteiger partial charge in [0.25, 0.3) is 5.91 Å². The van der Waals surface area contributed by atoms with Crippen molar-refractivity contribution in [1.29, 1.82) is 0 Å². The van der Waals surface area contributed by atoms with Crippen molar-refractivity contribution in [3.63, 3.8) is 0 Å². The first-order valence-corrected chi connectivity index (χ1v) is 5.20. The van der Waals surface area contributed by atoms with Gasteiger partial charge in [-0.25, -0.2) is 0 Å². The summed E-state index contributed by atoms with van der Waals surface area (Å²) < 4.78 is 1.57. The van der Waals surface area contributed by atoms with Crippen molar-refractivity contribution in [3.8, 4) is 0 Å². The van der Waals surface area contributed by atoms with E-state index in [9.17, 15) is 4.79 Å². The van der Waals surface area contributed by atoms with E-state index in [0.29, 0.717) is 11.4 Å². The molecule has 2 rings (SSSR count). The molecule has 0 aliphatic heterocycles. The van der Waals surface area contributed by atoms with E-state index in [2.05, 4.69) is 10.4 Å². The number of hydrogen-bond acceptors (Lipinski definition) is 3. The Labute approximate surface area is 98.7 Å². The van der Waals surface area contributed by atoms with Crippen LogP contribution in [-0.2, 0) is 13.7 Å². The third-order valence-electron chi connectivity index (χ3n) is 2.34. The molecule has 0 aliphatic rings. The second-order valence-corrected chi connectivity index (χ2v) is 3.68. The van der Waals surface area contributed by atoms with Gasteiger partial charge in [-0.2, -0.15) is 5.10 Å². The van der Waals surface area contributed by atoms with E-state index < -0.39 is 0 Å². The summed E-state index contributed by atoms with van der Waals surface area (Å²) in [5.74, 6) is -0.248. The molecule has 0 unspecified atom stereocenters. The fourth-order valence-electron chi connectivity index (χ4n) is 1.42. The molecule has 2 N–H and O–H groups in total. The molecule has 1 amide bonds. The zero-order valence-corrected chi connectivity index (χ0v) is 9.42. The Balaban J connectivity index is 2.07. The summed E-state index contributed by atoms with van der Waals surface area (Å²) in [6.45, 7) is -0.00549. The third kappa shape index (κ3) is 2.70. The summed E-state index contributed by atoms with van der Waals surface area (Å²) in [6, 6.07) is 8.65. The molecule has 0 saturated carbocycles. The van der Waals surface area contributed by atoms with Crippen LogP contribution in [0.25, 0.3) is 0 Å². The highest BCUT2D eigenvalue weighted by Gasteiger charge is 2.08. The van der Waals surface area contributed by atoms with Crippen LogP contribution >= 0.6 is 0 Å². The second-order valence-electron chi connectivity index (χ2n) is 3.68. The summed E-state index contributed by atoms with van der Waals surface area (Å²) in [5, 5.41) is 15.6. The summed E-state index contributed by atoms with van der Waals surface area (Å²) in [6.07, 6.45) is 1.71. The SMILES string of the molecule is Cn1ccc(C(=O)Nc2ccc(CO)cc2)n1. The molecule has 1 heterocycles. The largest absolute Gasteiger partial charge is 0.392 e. The Hall–Kier alpha value is -2.14. The fourth-order valence-corrected chi connectivity index (χ4v) is 1.42. The zero-order valence-electron chi connectivity index (χ0n) is 9.42. The Morgan fingerprint density at radius 3 is 2.59 bits per heavy atom. The molecule has 0 saturated heterocycles. The smallest absolute Gasteiger partial charge is 0.276 e. The number of nitrogens with zero attached hydrogens (tertiary/aromatic N) is 2. The van der Waals surface area contributed by atoms with Crippen LogP contribution in [0, 0.1) is 0 Å². The Bertz CT molecular complexity index is 517. The first-order valence-electron chi connectivity index (χ1n) is 5.20. The molecular weight excluding hydrogens is 218 g/mol. The minimum absolute atomic E-state index is 0.00549. The predicted molar refractivity (Wildman–Crippen MR) is 63.5 cm³/mol. The second kappa shape index (κ2) is 4.80. The Morgan fingerprint density at radius 1 is 1.35 bits per heavy atom. The van der Waals surface area contributed by atoms with E-state index in [-0.39, 0.29) is 12.5 Å². The molecule has 2 aromatic rings. The number of aryl methyl sites for hydroxylation is 1. The van der Waals surface area contributed by atoms with E-state index in [0.717, 1.165) is 5.56 Å². The number of rotatable bonds is 3. The van der Waals surface area contributed by atoms with Crippen LogP contribution in [0.1, 0.15) is 16.1 Å². The maximum absolute atomic E-state index is 11.7. The van der Waals surface area contributed by atoms with Gasteiger partial charge in [0, 0.05) is 18.9 Å². The molecule has 0 bridgehead atoms. The van der Waals surface area contributed by atoms with Gasteiger partial charge in [0.2, 0.25) is 0 Å². The maximum atomic E-state index is 11.7. The average Bonchev–Trinajstić information content (AvgIpc) is 2.77. The lowest BCUT2D eigenvalue weighted by Crippen LogP contribution is -2.12. The monoisotopic (exact) mass is 231 g/mol. The number of aliphatic hydroxyl groups excluding tert-OH is 1. The van der Waals surface area contributed by atoms with Crippen LogP contribution in [-0.4, -0.2) is 20.8 Å². The quantitative estimate of drug-likeness (QED) is 0.833. The van der Waals surface area contributed by atoms with Gasteiger partial charge >= 0.3 is 0 Å². The van der Waals surface area contributed by atoms with Crippen LogP contribution < -0.4 is 5.32 Å². The molecule has 0 spiro atoms. The van der Waals surface area contributed by atoms with Crippen molar-refractivity contribution < 1.29 is 9.90 Å². The van der Waals surface area contributed by atoms with Crippen LogP contribution in [0.4, 0.5) is 5.69 Å². The first-order chi connectivity index (χ1) is 8.19. The number of amides is 1. The molecule has 1 aromatic carbocycles. The number of carbonyl (C=O) groups excluding carboxylic acids is 1. The van der Waals surface area contributed by atoms with Crippen molar-refractivity contribution in [1.82, 2.24) is 9.78 Å². The number of anilines is 1. The highest BCUT2D eigenvalue weighted by Crippen LogP contribution is 2.10. The molecule has 5 nitrogen and oxygen atoms in total. The highest BCUT2D eigenvalue weighted by molar-refractivity contribution is 6.02. The molecule has 0 aliphatic carbocycles. The van der Waals surface area contributed by atoms with Gasteiger partial charge in [-0.3, -0.25) is 9.48 Å². The molecule has 17 heavy (non-hydrogen) atoms. The van der Waals surface area contributed by atoms with Gasteiger partial charge in [-0.1, -0.05) is 12.1 Å². The number of aliphatic hydroxyl groups is 1. The minimum atomic E-state index is -0.248. The lowest BCUT2D eigenvalue weighted by atomic mass is 10.2. The van der Waals surface area contributed by atoms with Gasteiger partial charge in [0.1, 0.15) is 0 Å². The number of nitrogens with one attached hydrogen (secondary N) is 1. The lowest BCUT2D eigenvalue weighted by Gasteiger charge is -2.03. The van der Waals surface area contributed by atoms with Gasteiger partial charge in [0.15, 0.2) is 5.69 Å². The van der Waals surface area contributed by atoms with Crippen molar-refractivity contribution in [3.05, 3.63) is 47.8 Å². The van der Waals surface area contributed by atoms with Gasteiger partial charge in [-0.05, 0) is 23.8 Å². The Morgan fingerprint density at radius 2 is 2.06 bits per heavy atom. The van der Waals surface area contributed by atoms with Gasteiger partial charge < -0.3 is 10.4 Å². The van der Waals surface area contributed by atoms with E-state index in [1.165, 1.54) is 0 Å². The summed E-state index contributed by atoms with van der Waals surface area (Å²) in [4.78, 5) is 11.7. The zero-order chi connectivity index (χ0) is 12.3. The van der Waals surface area contributed by atoms with Crippen molar-refractivity contribution >= 4 is 11.6 Å². The third-order valence-corrected chi connectivity index (χ3v) is 2.34. The first kappa shape index (κ1) is 11.3. The summed E-state index contributed by atoms with van der Waals surface area (Å²) >= 11 is 0. The number of benzene rings is 1. The molecule has 5 heteroatoms. The molecule has 88 valence electrons. The topological polar surface area (TPSA) is 67.2 Å². The normalized spacial score (nSPS) is 10.2. The van der Waals surface area contributed by atoms with Crippen LogP contribution in [0.5, 0.6) is 0 Å². The summed E-state index contributed by atoms with van der Waals surface area (Å²) in [7, 11) is 1.76. The molecule has 1 aromatic heterocycles.